The van der Waals surface area contributed by atoms with Gasteiger partial charge in [-0.05, 0) is 51.6 Å². The second kappa shape index (κ2) is 5.78. The van der Waals surface area contributed by atoms with Crippen molar-refractivity contribution in [3.8, 4) is 11.4 Å². The van der Waals surface area contributed by atoms with Gasteiger partial charge in [0.15, 0.2) is 5.65 Å². The first-order valence-electron chi connectivity index (χ1n) is 8.31. The maximum absolute atomic E-state index is 4.87. The first-order valence-corrected chi connectivity index (χ1v) is 8.31. The van der Waals surface area contributed by atoms with E-state index >= 15 is 0 Å². The lowest BCUT2D eigenvalue weighted by atomic mass is 10.1. The van der Waals surface area contributed by atoms with E-state index in [4.69, 9.17) is 4.98 Å². The Morgan fingerprint density at radius 1 is 1.22 bits per heavy atom. The number of aromatic nitrogens is 3. The highest BCUT2D eigenvalue weighted by Gasteiger charge is 2.24. The van der Waals surface area contributed by atoms with E-state index in [-0.39, 0.29) is 0 Å². The minimum absolute atomic E-state index is 0.568. The quantitative estimate of drug-likeness (QED) is 0.742. The Bertz CT molecular complexity index is 836. The zero-order chi connectivity index (χ0) is 15.8. The van der Waals surface area contributed by atoms with Crippen molar-refractivity contribution in [3.63, 3.8) is 0 Å². The fourth-order valence-electron chi connectivity index (χ4n) is 3.56. The van der Waals surface area contributed by atoms with E-state index in [1.807, 2.05) is 12.3 Å². The van der Waals surface area contributed by atoms with Gasteiger partial charge in [-0.15, -0.1) is 0 Å². The number of benzene rings is 1. The maximum atomic E-state index is 4.87. The van der Waals surface area contributed by atoms with E-state index in [1.165, 1.54) is 30.5 Å². The van der Waals surface area contributed by atoms with Gasteiger partial charge in [0.25, 0.3) is 0 Å². The summed E-state index contributed by atoms with van der Waals surface area (Å²) < 4.78 is 2.30. The van der Waals surface area contributed by atoms with Crippen LogP contribution in [0.25, 0.3) is 22.6 Å². The van der Waals surface area contributed by atoms with Crippen LogP contribution < -0.4 is 0 Å². The van der Waals surface area contributed by atoms with E-state index in [2.05, 4.69) is 58.8 Å². The molecule has 23 heavy (non-hydrogen) atoms. The molecule has 1 aromatic carbocycles. The van der Waals surface area contributed by atoms with Crippen molar-refractivity contribution in [2.24, 2.45) is 0 Å². The summed E-state index contributed by atoms with van der Waals surface area (Å²) in [5.41, 5.74) is 4.39. The fourth-order valence-corrected chi connectivity index (χ4v) is 3.56. The van der Waals surface area contributed by atoms with Crippen molar-refractivity contribution in [2.45, 2.75) is 32.4 Å². The molecule has 0 bridgehead atoms. The van der Waals surface area contributed by atoms with Crippen molar-refractivity contribution >= 4 is 11.2 Å². The lowest BCUT2D eigenvalue weighted by Gasteiger charge is -2.21. The molecule has 3 heterocycles. The van der Waals surface area contributed by atoms with Gasteiger partial charge in [-0.25, -0.2) is 9.97 Å². The molecule has 0 spiro atoms. The van der Waals surface area contributed by atoms with Crippen molar-refractivity contribution in [3.05, 3.63) is 48.2 Å². The van der Waals surface area contributed by atoms with Gasteiger partial charge in [0.1, 0.15) is 11.3 Å². The fraction of sp³-hybridized carbons (Fsp3) is 0.368. The Kier molecular flexibility index (Phi) is 3.62. The summed E-state index contributed by atoms with van der Waals surface area (Å²) in [5.74, 6) is 1.03. The number of hydrogen-bond donors (Lipinski definition) is 0. The number of imidazole rings is 1. The lowest BCUT2D eigenvalue weighted by Crippen LogP contribution is -2.29. The van der Waals surface area contributed by atoms with Crippen LogP contribution in [0.2, 0.25) is 0 Å². The molecule has 4 rings (SSSR count). The largest absolute Gasteiger partial charge is 0.307 e. The molecule has 4 heteroatoms. The summed E-state index contributed by atoms with van der Waals surface area (Å²) in [6.07, 6.45) is 4.39. The number of nitrogens with zero attached hydrogens (tertiary/aromatic N) is 4. The zero-order valence-electron chi connectivity index (χ0n) is 13.7. The maximum Gasteiger partial charge on any atom is 0.160 e. The number of likely N-dealkylation sites (tertiary alicyclic amines) is 1. The summed E-state index contributed by atoms with van der Waals surface area (Å²) in [4.78, 5) is 11.9. The predicted molar refractivity (Wildman–Crippen MR) is 93.4 cm³/mol. The molecule has 1 aliphatic heterocycles. The molecule has 0 amide bonds. The molecule has 0 radical (unpaired) electrons. The van der Waals surface area contributed by atoms with Crippen LogP contribution >= 0.6 is 0 Å². The van der Waals surface area contributed by atoms with E-state index in [9.17, 15) is 0 Å². The van der Waals surface area contributed by atoms with E-state index in [0.717, 1.165) is 23.5 Å². The van der Waals surface area contributed by atoms with Gasteiger partial charge in [-0.2, -0.15) is 0 Å². The summed E-state index contributed by atoms with van der Waals surface area (Å²) in [6.45, 7) is 4.26. The van der Waals surface area contributed by atoms with E-state index < -0.39 is 0 Å². The molecular weight excluding hydrogens is 284 g/mol. The molecule has 4 nitrogen and oxygen atoms in total. The second-order valence-corrected chi connectivity index (χ2v) is 6.54. The van der Waals surface area contributed by atoms with Gasteiger partial charge in [0.2, 0.25) is 0 Å². The molecule has 1 aliphatic rings. The second-order valence-electron chi connectivity index (χ2n) is 6.54. The first kappa shape index (κ1) is 14.4. The molecule has 2 aromatic heterocycles. The number of aryl methyl sites for hydroxylation is 1. The highest BCUT2D eigenvalue weighted by Crippen LogP contribution is 2.27. The standard InChI is InChI=1S/C19H22N4/c1-14-6-3-7-15(12-14)18-21-17-9-4-10-20-19(17)23(18)13-16-8-5-11-22(16)2/h3-4,6-7,9-10,12,16H,5,8,11,13H2,1-2H3. The normalized spacial score (nSPS) is 18.8. The Balaban J connectivity index is 1.84. The van der Waals surface area contributed by atoms with Crippen molar-refractivity contribution < 1.29 is 0 Å². The van der Waals surface area contributed by atoms with Crippen LogP contribution in [0.4, 0.5) is 0 Å². The summed E-state index contributed by atoms with van der Waals surface area (Å²) in [5, 5.41) is 0. The van der Waals surface area contributed by atoms with Crippen molar-refractivity contribution in [1.29, 1.82) is 0 Å². The lowest BCUT2D eigenvalue weighted by molar-refractivity contribution is 0.284. The van der Waals surface area contributed by atoms with Crippen LogP contribution in [0.5, 0.6) is 0 Å². The van der Waals surface area contributed by atoms with Crippen molar-refractivity contribution in [1.82, 2.24) is 19.4 Å². The molecule has 1 saturated heterocycles. The summed E-state index contributed by atoms with van der Waals surface area (Å²) in [7, 11) is 2.22. The third-order valence-electron chi connectivity index (χ3n) is 4.84. The molecular formula is C19H22N4. The molecule has 3 aromatic rings. The minimum Gasteiger partial charge on any atom is -0.307 e. The van der Waals surface area contributed by atoms with Crippen LogP contribution in [0.15, 0.2) is 42.6 Å². The number of pyridine rings is 1. The Morgan fingerprint density at radius 3 is 2.91 bits per heavy atom. The van der Waals surface area contributed by atoms with Gasteiger partial charge in [-0.1, -0.05) is 23.8 Å². The average molecular weight is 306 g/mol. The van der Waals surface area contributed by atoms with Crippen LogP contribution in [0.1, 0.15) is 18.4 Å². The Hall–Kier alpha value is -2.20. The highest BCUT2D eigenvalue weighted by atomic mass is 15.2. The molecule has 1 unspecified atom stereocenters. The molecule has 118 valence electrons. The monoisotopic (exact) mass is 306 g/mol. The third-order valence-corrected chi connectivity index (χ3v) is 4.84. The molecule has 0 N–H and O–H groups in total. The van der Waals surface area contributed by atoms with Crippen LogP contribution in [-0.4, -0.2) is 39.1 Å². The van der Waals surface area contributed by atoms with Gasteiger partial charge < -0.3 is 9.47 Å². The number of rotatable bonds is 3. The Morgan fingerprint density at radius 2 is 2.13 bits per heavy atom. The number of likely N-dealkylation sites (N-methyl/N-ethyl adjacent to an activating group) is 1. The van der Waals surface area contributed by atoms with E-state index in [1.54, 1.807) is 0 Å². The molecule has 1 fully saturated rings. The summed E-state index contributed by atoms with van der Waals surface area (Å²) in [6, 6.07) is 13.2. The number of fused-ring (bicyclic) bond motifs is 1. The van der Waals surface area contributed by atoms with Gasteiger partial charge >= 0.3 is 0 Å². The van der Waals surface area contributed by atoms with Crippen molar-refractivity contribution in [2.75, 3.05) is 13.6 Å². The van der Waals surface area contributed by atoms with Crippen LogP contribution in [0, 0.1) is 6.92 Å². The minimum atomic E-state index is 0.568. The van der Waals surface area contributed by atoms with E-state index in [0.29, 0.717) is 6.04 Å². The van der Waals surface area contributed by atoms with Gasteiger partial charge in [0, 0.05) is 24.3 Å². The van der Waals surface area contributed by atoms with Gasteiger partial charge in [-0.3, -0.25) is 0 Å². The SMILES string of the molecule is Cc1cccc(-c2nc3cccnc3n2CC2CCCN2C)c1. The third kappa shape index (κ3) is 2.63. The smallest absolute Gasteiger partial charge is 0.160 e. The molecule has 0 aliphatic carbocycles. The predicted octanol–water partition coefficient (Wildman–Crippen LogP) is 3.50. The van der Waals surface area contributed by atoms with Crippen LogP contribution in [-0.2, 0) is 6.54 Å². The molecule has 0 saturated carbocycles. The topological polar surface area (TPSA) is 34.0 Å². The Labute approximate surface area is 136 Å². The first-order chi connectivity index (χ1) is 11.2. The van der Waals surface area contributed by atoms with Crippen LogP contribution in [0.3, 0.4) is 0 Å². The molecule has 1 atom stereocenters. The summed E-state index contributed by atoms with van der Waals surface area (Å²) >= 11 is 0. The average Bonchev–Trinajstić information content (AvgIpc) is 3.12. The zero-order valence-corrected chi connectivity index (χ0v) is 13.7. The highest BCUT2D eigenvalue weighted by molar-refractivity contribution is 5.77. The van der Waals surface area contributed by atoms with Gasteiger partial charge in [0.05, 0.1) is 0 Å². The number of hydrogen-bond acceptors (Lipinski definition) is 3.